The molecule has 6 aromatic carbocycles. The molecular weight excluding hydrogens is 699 g/mol. The van der Waals surface area contributed by atoms with E-state index in [1.165, 1.54) is 69.0 Å². The molecular formula is C52H43N3S. The van der Waals surface area contributed by atoms with Gasteiger partial charge in [0.25, 0.3) is 0 Å². The molecule has 0 aliphatic heterocycles. The van der Waals surface area contributed by atoms with E-state index in [9.17, 15) is 0 Å². The summed E-state index contributed by atoms with van der Waals surface area (Å²) < 4.78 is 2.53. The molecule has 0 amide bonds. The monoisotopic (exact) mass is 741 g/mol. The number of thiophene rings is 1. The molecule has 4 heteroatoms. The summed E-state index contributed by atoms with van der Waals surface area (Å²) in [5, 5.41) is 2.56. The van der Waals surface area contributed by atoms with Crippen molar-refractivity contribution in [3.63, 3.8) is 0 Å². The summed E-state index contributed by atoms with van der Waals surface area (Å²) in [5.41, 5.74) is 11.8. The smallest absolute Gasteiger partial charge is 0.164 e. The fourth-order valence-corrected chi connectivity index (χ4v) is 13.3. The Morgan fingerprint density at radius 1 is 0.429 bits per heavy atom. The standard InChI is InChI=1S/C52H43N3S/c1-51(2)42-16-7-8-17-44(42)52(38-24-31-23-32(26-38)27-39(52)25-31)45-29-35(20-22-43(45)51)34-13-10-14-36(28-34)49-53-48(33-11-4-3-5-12-33)54-50(55-49)37-19-21-41-40-15-6-9-18-46(40)56-47(41)30-37/h3-22,28-32,38-39H,23-27H2,1-2H3. The second-order valence-corrected chi connectivity index (χ2v) is 18.8. The van der Waals surface area contributed by atoms with Gasteiger partial charge in [0.2, 0.25) is 0 Å². The van der Waals surface area contributed by atoms with Crippen molar-refractivity contribution in [1.82, 2.24) is 15.0 Å². The molecule has 4 bridgehead atoms. The lowest BCUT2D eigenvalue weighted by Gasteiger charge is -2.64. The topological polar surface area (TPSA) is 38.7 Å². The zero-order chi connectivity index (χ0) is 37.2. The number of hydrogen-bond acceptors (Lipinski definition) is 4. The number of benzene rings is 6. The average Bonchev–Trinajstić information content (AvgIpc) is 3.61. The quantitative estimate of drug-likeness (QED) is 0.180. The van der Waals surface area contributed by atoms with Crippen molar-refractivity contribution in [2.75, 3.05) is 0 Å². The lowest BCUT2D eigenvalue weighted by molar-refractivity contribution is -0.0443. The molecule has 8 aromatic rings. The molecule has 1 spiro atoms. The number of aromatic nitrogens is 3. The Morgan fingerprint density at radius 3 is 1.75 bits per heavy atom. The van der Waals surface area contributed by atoms with E-state index in [2.05, 4.69) is 147 Å². The summed E-state index contributed by atoms with van der Waals surface area (Å²) in [6.07, 6.45) is 6.97. The van der Waals surface area contributed by atoms with Crippen LogP contribution >= 0.6 is 11.3 Å². The summed E-state index contributed by atoms with van der Waals surface area (Å²) in [7, 11) is 0. The molecule has 2 aromatic heterocycles. The molecule has 5 aliphatic carbocycles. The van der Waals surface area contributed by atoms with Crippen LogP contribution in [0.2, 0.25) is 0 Å². The molecule has 2 heterocycles. The molecule has 0 N–H and O–H groups in total. The minimum absolute atomic E-state index is 0.0554. The summed E-state index contributed by atoms with van der Waals surface area (Å²) >= 11 is 1.82. The minimum atomic E-state index is -0.0554. The summed E-state index contributed by atoms with van der Waals surface area (Å²) in [5.74, 6) is 5.31. The first-order valence-electron chi connectivity index (χ1n) is 20.5. The van der Waals surface area contributed by atoms with Gasteiger partial charge < -0.3 is 0 Å². The maximum absolute atomic E-state index is 5.21. The van der Waals surface area contributed by atoms with Crippen LogP contribution in [0.25, 0.3) is 65.5 Å². The van der Waals surface area contributed by atoms with E-state index in [-0.39, 0.29) is 10.8 Å². The van der Waals surface area contributed by atoms with Gasteiger partial charge in [-0.15, -0.1) is 11.3 Å². The highest BCUT2D eigenvalue weighted by Gasteiger charge is 2.62. The number of rotatable bonds is 4. The Balaban J connectivity index is 1.00. The van der Waals surface area contributed by atoms with Gasteiger partial charge in [-0.1, -0.05) is 129 Å². The molecule has 13 rings (SSSR count). The molecule has 0 unspecified atom stereocenters. The highest BCUT2D eigenvalue weighted by atomic mass is 32.1. The molecule has 0 atom stereocenters. The first kappa shape index (κ1) is 32.8. The molecule has 0 radical (unpaired) electrons. The zero-order valence-corrected chi connectivity index (χ0v) is 32.7. The average molecular weight is 742 g/mol. The molecule has 4 fully saturated rings. The van der Waals surface area contributed by atoms with E-state index in [1.807, 2.05) is 17.4 Å². The maximum atomic E-state index is 5.21. The molecule has 0 saturated heterocycles. The second-order valence-electron chi connectivity index (χ2n) is 17.7. The Labute approximate surface area is 332 Å². The molecule has 5 aliphatic rings. The highest BCUT2D eigenvalue weighted by Crippen LogP contribution is 2.68. The van der Waals surface area contributed by atoms with Gasteiger partial charge in [-0.25, -0.2) is 15.0 Å². The lowest BCUT2D eigenvalue weighted by atomic mass is 9.39. The van der Waals surface area contributed by atoms with E-state index in [0.29, 0.717) is 29.3 Å². The van der Waals surface area contributed by atoms with Crippen LogP contribution in [-0.4, -0.2) is 15.0 Å². The Hall–Kier alpha value is -5.45. The van der Waals surface area contributed by atoms with Gasteiger partial charge in [-0.2, -0.15) is 0 Å². The van der Waals surface area contributed by atoms with Crippen LogP contribution in [0.3, 0.4) is 0 Å². The van der Waals surface area contributed by atoms with E-state index in [1.54, 1.807) is 16.7 Å². The molecule has 3 nitrogen and oxygen atoms in total. The maximum Gasteiger partial charge on any atom is 0.164 e. The van der Waals surface area contributed by atoms with Crippen molar-refractivity contribution in [2.45, 2.75) is 56.8 Å². The van der Waals surface area contributed by atoms with Crippen molar-refractivity contribution >= 4 is 31.5 Å². The largest absolute Gasteiger partial charge is 0.208 e. The van der Waals surface area contributed by atoms with Crippen molar-refractivity contribution in [3.05, 3.63) is 162 Å². The number of hydrogen-bond donors (Lipinski definition) is 0. The first-order valence-corrected chi connectivity index (χ1v) is 21.3. The van der Waals surface area contributed by atoms with Crippen molar-refractivity contribution in [3.8, 4) is 45.3 Å². The van der Waals surface area contributed by atoms with Crippen LogP contribution in [0.5, 0.6) is 0 Å². The van der Waals surface area contributed by atoms with E-state index in [0.717, 1.165) is 28.5 Å². The van der Waals surface area contributed by atoms with Gasteiger partial charge in [-0.3, -0.25) is 0 Å². The normalized spacial score (nSPS) is 24.1. The van der Waals surface area contributed by atoms with Crippen molar-refractivity contribution in [1.29, 1.82) is 0 Å². The highest BCUT2D eigenvalue weighted by molar-refractivity contribution is 7.25. The van der Waals surface area contributed by atoms with Gasteiger partial charge in [-0.05, 0) is 113 Å². The predicted octanol–water partition coefficient (Wildman–Crippen LogP) is 13.3. The van der Waals surface area contributed by atoms with Crippen LogP contribution in [-0.2, 0) is 10.8 Å². The fraction of sp³-hybridized carbons (Fsp3) is 0.250. The van der Waals surface area contributed by atoms with Gasteiger partial charge in [0, 0.05) is 47.7 Å². The molecule has 4 saturated carbocycles. The summed E-state index contributed by atoms with van der Waals surface area (Å²) in [4.78, 5) is 15.4. The SMILES string of the molecule is CC1(C)c2ccccc2C2(c3cc(-c4cccc(-c5nc(-c6ccccc6)nc(-c6ccc7c(c6)sc6ccccc67)n5)c4)ccc31)C1CC3CC(C1)CC2C3. The predicted molar refractivity (Wildman–Crippen MR) is 231 cm³/mol. The number of nitrogens with zero attached hydrogens (tertiary/aromatic N) is 3. The Bertz CT molecular complexity index is 2840. The summed E-state index contributed by atoms with van der Waals surface area (Å²) in [6, 6.07) is 51.5. The Morgan fingerprint density at radius 2 is 0.982 bits per heavy atom. The van der Waals surface area contributed by atoms with Crippen LogP contribution in [0.15, 0.2) is 140 Å². The third-order valence-corrected chi connectivity index (χ3v) is 15.5. The van der Waals surface area contributed by atoms with E-state index >= 15 is 0 Å². The van der Waals surface area contributed by atoms with Crippen LogP contribution in [0.4, 0.5) is 0 Å². The lowest BCUT2D eigenvalue weighted by Crippen LogP contribution is -2.58. The molecule has 272 valence electrons. The van der Waals surface area contributed by atoms with Gasteiger partial charge in [0.1, 0.15) is 0 Å². The second kappa shape index (κ2) is 12.0. The Kier molecular flexibility index (Phi) is 7.04. The number of fused-ring (bicyclic) bond motifs is 5. The van der Waals surface area contributed by atoms with Gasteiger partial charge >= 0.3 is 0 Å². The van der Waals surface area contributed by atoms with Crippen LogP contribution in [0, 0.1) is 23.7 Å². The minimum Gasteiger partial charge on any atom is -0.208 e. The first-order chi connectivity index (χ1) is 27.4. The third-order valence-electron chi connectivity index (χ3n) is 14.4. The summed E-state index contributed by atoms with van der Waals surface area (Å²) in [6.45, 7) is 4.91. The zero-order valence-electron chi connectivity index (χ0n) is 31.9. The van der Waals surface area contributed by atoms with Crippen molar-refractivity contribution in [2.24, 2.45) is 23.7 Å². The van der Waals surface area contributed by atoms with Crippen molar-refractivity contribution < 1.29 is 0 Å². The van der Waals surface area contributed by atoms with Crippen LogP contribution in [0.1, 0.15) is 68.2 Å². The van der Waals surface area contributed by atoms with Gasteiger partial charge in [0.15, 0.2) is 17.5 Å². The fourth-order valence-electron chi connectivity index (χ4n) is 12.2. The van der Waals surface area contributed by atoms with Crippen LogP contribution < -0.4 is 0 Å². The van der Waals surface area contributed by atoms with E-state index in [4.69, 9.17) is 15.0 Å². The van der Waals surface area contributed by atoms with E-state index < -0.39 is 0 Å². The molecule has 56 heavy (non-hydrogen) atoms. The van der Waals surface area contributed by atoms with Gasteiger partial charge in [0.05, 0.1) is 0 Å². The third kappa shape index (κ3) is 4.72.